The number of carbonyl (C=O) groups excluding carboxylic acids is 1. The summed E-state index contributed by atoms with van der Waals surface area (Å²) in [4.78, 5) is 18.7. The summed E-state index contributed by atoms with van der Waals surface area (Å²) < 4.78 is 0. The summed E-state index contributed by atoms with van der Waals surface area (Å²) in [6.45, 7) is 7.86. The van der Waals surface area contributed by atoms with Crippen molar-refractivity contribution in [3.05, 3.63) is 0 Å². The van der Waals surface area contributed by atoms with Crippen molar-refractivity contribution < 1.29 is 4.79 Å². The monoisotopic (exact) mass is 254 g/mol. The van der Waals surface area contributed by atoms with Gasteiger partial charge in [0.15, 0.2) is 0 Å². The lowest BCUT2D eigenvalue weighted by Gasteiger charge is -2.42. The van der Waals surface area contributed by atoms with Crippen LogP contribution < -0.4 is 5.73 Å². The van der Waals surface area contributed by atoms with Crippen molar-refractivity contribution in [2.24, 2.45) is 5.73 Å². The van der Waals surface area contributed by atoms with Crippen LogP contribution >= 0.6 is 0 Å². The molecule has 2 saturated heterocycles. The molecule has 2 N–H and O–H groups in total. The van der Waals surface area contributed by atoms with E-state index in [2.05, 4.69) is 16.8 Å². The van der Waals surface area contributed by atoms with Crippen molar-refractivity contribution >= 4 is 5.91 Å². The molecule has 0 aromatic carbocycles. The van der Waals surface area contributed by atoms with Gasteiger partial charge in [0.25, 0.3) is 0 Å². The molecule has 18 heavy (non-hydrogen) atoms. The van der Waals surface area contributed by atoms with Gasteiger partial charge in [-0.1, -0.05) is 0 Å². The molecular weight excluding hydrogens is 228 g/mol. The van der Waals surface area contributed by atoms with Gasteiger partial charge in [-0.3, -0.25) is 9.69 Å². The van der Waals surface area contributed by atoms with Gasteiger partial charge >= 0.3 is 0 Å². The minimum Gasteiger partial charge on any atom is -0.339 e. The van der Waals surface area contributed by atoms with Crippen LogP contribution in [0.2, 0.25) is 0 Å². The first kappa shape index (κ1) is 13.8. The van der Waals surface area contributed by atoms with E-state index in [-0.39, 0.29) is 11.9 Å². The molecular formula is C13H26N4O. The van der Waals surface area contributed by atoms with E-state index in [0.29, 0.717) is 6.04 Å². The molecule has 2 heterocycles. The van der Waals surface area contributed by atoms with Crippen LogP contribution in [0, 0.1) is 0 Å². The van der Waals surface area contributed by atoms with Crippen molar-refractivity contribution in [3.8, 4) is 0 Å². The van der Waals surface area contributed by atoms with E-state index in [1.54, 1.807) is 6.92 Å². The van der Waals surface area contributed by atoms with Crippen molar-refractivity contribution in [1.82, 2.24) is 14.7 Å². The van der Waals surface area contributed by atoms with Crippen LogP contribution in [-0.2, 0) is 4.79 Å². The number of hydrogen-bond acceptors (Lipinski definition) is 4. The average Bonchev–Trinajstić information content (AvgIpc) is 2.39. The molecule has 2 aliphatic heterocycles. The van der Waals surface area contributed by atoms with Gasteiger partial charge < -0.3 is 15.5 Å². The zero-order chi connectivity index (χ0) is 13.1. The predicted molar refractivity (Wildman–Crippen MR) is 72.3 cm³/mol. The van der Waals surface area contributed by atoms with Gasteiger partial charge in [-0.15, -0.1) is 0 Å². The Morgan fingerprint density at radius 1 is 1.11 bits per heavy atom. The Kier molecular flexibility index (Phi) is 4.59. The molecule has 2 fully saturated rings. The third-order valence-electron chi connectivity index (χ3n) is 4.22. The summed E-state index contributed by atoms with van der Waals surface area (Å²) in [6.07, 6.45) is 2.52. The molecule has 1 atom stereocenters. The molecule has 1 amide bonds. The highest BCUT2D eigenvalue weighted by atomic mass is 16.2. The maximum atomic E-state index is 11.8. The van der Waals surface area contributed by atoms with E-state index < -0.39 is 0 Å². The van der Waals surface area contributed by atoms with Gasteiger partial charge in [-0.05, 0) is 39.9 Å². The summed E-state index contributed by atoms with van der Waals surface area (Å²) in [6, 6.07) is 0.355. The van der Waals surface area contributed by atoms with Crippen LogP contribution in [0.4, 0.5) is 0 Å². The summed E-state index contributed by atoms with van der Waals surface area (Å²) >= 11 is 0. The normalized spacial score (nSPS) is 26.3. The van der Waals surface area contributed by atoms with Gasteiger partial charge in [0, 0.05) is 32.2 Å². The highest BCUT2D eigenvalue weighted by Gasteiger charge is 2.28. The minimum atomic E-state index is -0.361. The fourth-order valence-corrected chi connectivity index (χ4v) is 2.96. The summed E-state index contributed by atoms with van der Waals surface area (Å²) in [5.41, 5.74) is 5.65. The lowest BCUT2D eigenvalue weighted by molar-refractivity contribution is -0.134. The van der Waals surface area contributed by atoms with Crippen molar-refractivity contribution in [3.63, 3.8) is 0 Å². The molecule has 0 saturated carbocycles. The number of rotatable bonds is 2. The van der Waals surface area contributed by atoms with Crippen LogP contribution in [0.15, 0.2) is 0 Å². The van der Waals surface area contributed by atoms with E-state index in [1.165, 1.54) is 25.9 Å². The SMILES string of the molecule is C[C@H](N)C(=O)N1CCN(C2CCN(C)CC2)CC1. The quantitative estimate of drug-likeness (QED) is 0.727. The molecule has 0 aliphatic carbocycles. The standard InChI is InChI=1S/C13H26N4O/c1-11(14)13(18)17-9-7-16(8-10-17)12-3-5-15(2)6-4-12/h11-12H,3-10,14H2,1-2H3/t11-/m0/s1. The van der Waals surface area contributed by atoms with E-state index in [9.17, 15) is 4.79 Å². The molecule has 0 unspecified atom stereocenters. The van der Waals surface area contributed by atoms with Crippen molar-refractivity contribution in [2.75, 3.05) is 46.3 Å². The van der Waals surface area contributed by atoms with E-state index in [1.807, 2.05) is 4.90 Å². The highest BCUT2D eigenvalue weighted by molar-refractivity contribution is 5.81. The number of amides is 1. The Morgan fingerprint density at radius 3 is 2.17 bits per heavy atom. The van der Waals surface area contributed by atoms with Crippen molar-refractivity contribution in [2.45, 2.75) is 31.8 Å². The van der Waals surface area contributed by atoms with Gasteiger partial charge in [0.1, 0.15) is 0 Å². The Bertz CT molecular complexity index is 279. The number of nitrogens with two attached hydrogens (primary N) is 1. The summed E-state index contributed by atoms with van der Waals surface area (Å²) in [5.74, 6) is 0.0954. The molecule has 0 radical (unpaired) electrons. The molecule has 5 heteroatoms. The van der Waals surface area contributed by atoms with Gasteiger partial charge in [0.2, 0.25) is 5.91 Å². The van der Waals surface area contributed by atoms with Crippen LogP contribution in [0.1, 0.15) is 19.8 Å². The topological polar surface area (TPSA) is 52.8 Å². The van der Waals surface area contributed by atoms with E-state index >= 15 is 0 Å². The third-order valence-corrected chi connectivity index (χ3v) is 4.22. The zero-order valence-electron chi connectivity index (χ0n) is 11.6. The molecule has 0 spiro atoms. The zero-order valence-corrected chi connectivity index (χ0v) is 11.6. The second-order valence-corrected chi connectivity index (χ2v) is 5.68. The molecule has 0 aromatic rings. The Balaban J connectivity index is 1.78. The smallest absolute Gasteiger partial charge is 0.239 e. The molecule has 5 nitrogen and oxygen atoms in total. The van der Waals surface area contributed by atoms with Crippen molar-refractivity contribution in [1.29, 1.82) is 0 Å². The lowest BCUT2D eigenvalue weighted by atomic mass is 10.0. The summed E-state index contributed by atoms with van der Waals surface area (Å²) in [5, 5.41) is 0. The summed E-state index contributed by atoms with van der Waals surface area (Å²) in [7, 11) is 2.19. The fraction of sp³-hybridized carbons (Fsp3) is 0.923. The predicted octanol–water partition coefficient (Wildman–Crippen LogP) is -0.428. The van der Waals surface area contributed by atoms with Gasteiger partial charge in [-0.2, -0.15) is 0 Å². The highest BCUT2D eigenvalue weighted by Crippen LogP contribution is 2.17. The first-order valence-corrected chi connectivity index (χ1v) is 7.05. The van der Waals surface area contributed by atoms with Gasteiger partial charge in [0.05, 0.1) is 6.04 Å². The van der Waals surface area contributed by atoms with Crippen LogP contribution in [0.3, 0.4) is 0 Å². The number of hydrogen-bond donors (Lipinski definition) is 1. The van der Waals surface area contributed by atoms with E-state index in [4.69, 9.17) is 5.73 Å². The molecule has 0 aromatic heterocycles. The molecule has 2 rings (SSSR count). The molecule has 104 valence electrons. The van der Waals surface area contributed by atoms with Crippen LogP contribution in [-0.4, -0.2) is 79.0 Å². The largest absolute Gasteiger partial charge is 0.339 e. The Labute approximate surface area is 110 Å². The number of piperazine rings is 1. The first-order chi connectivity index (χ1) is 8.58. The first-order valence-electron chi connectivity index (χ1n) is 7.05. The van der Waals surface area contributed by atoms with Crippen LogP contribution in [0.25, 0.3) is 0 Å². The molecule has 0 bridgehead atoms. The third kappa shape index (κ3) is 3.22. The number of carbonyl (C=O) groups is 1. The average molecular weight is 254 g/mol. The Morgan fingerprint density at radius 2 is 1.67 bits per heavy atom. The second-order valence-electron chi connectivity index (χ2n) is 5.68. The lowest BCUT2D eigenvalue weighted by Crippen LogP contribution is -2.56. The molecule has 2 aliphatic rings. The second kappa shape index (κ2) is 5.99. The maximum Gasteiger partial charge on any atom is 0.239 e. The minimum absolute atomic E-state index is 0.0954. The fourth-order valence-electron chi connectivity index (χ4n) is 2.96. The number of likely N-dealkylation sites (tertiary alicyclic amines) is 1. The van der Waals surface area contributed by atoms with E-state index in [0.717, 1.165) is 26.2 Å². The van der Waals surface area contributed by atoms with Gasteiger partial charge in [-0.25, -0.2) is 0 Å². The number of piperidine rings is 1. The van der Waals surface area contributed by atoms with Crippen LogP contribution in [0.5, 0.6) is 0 Å². The number of nitrogens with zero attached hydrogens (tertiary/aromatic N) is 3. The Hall–Kier alpha value is -0.650. The maximum absolute atomic E-state index is 11.8.